The van der Waals surface area contributed by atoms with E-state index in [0.29, 0.717) is 28.8 Å². The van der Waals surface area contributed by atoms with Gasteiger partial charge in [0.25, 0.3) is 5.56 Å². The second-order valence-corrected chi connectivity index (χ2v) is 5.51. The fourth-order valence-corrected chi connectivity index (χ4v) is 2.98. The van der Waals surface area contributed by atoms with E-state index in [1.54, 1.807) is 36.7 Å². The van der Waals surface area contributed by atoms with Crippen LogP contribution in [0.5, 0.6) is 0 Å². The largest absolute Gasteiger partial charge is 0.478 e. The molecule has 0 aliphatic heterocycles. The second-order valence-electron chi connectivity index (χ2n) is 4.42. The molecule has 0 bridgehead atoms. The first kappa shape index (κ1) is 15.2. The number of pyridine rings is 1. The summed E-state index contributed by atoms with van der Waals surface area (Å²) in [6.45, 7) is 3.87. The Morgan fingerprint density at radius 3 is 2.76 bits per heavy atom. The Balaban J connectivity index is 2.15. The van der Waals surface area contributed by atoms with Gasteiger partial charge in [0, 0.05) is 24.6 Å². The standard InChI is InChI=1S/C14H15N3O3S/c1-9-12(14(19)20)13(16-10(2)15-9)21-8-7-17-6-4-3-5-11(17)18/h3-6H,7-8H2,1-2H3,(H,19,20). The molecule has 0 saturated carbocycles. The molecule has 0 unspecified atom stereocenters. The monoisotopic (exact) mass is 305 g/mol. The molecule has 0 saturated heterocycles. The molecule has 0 aromatic carbocycles. The van der Waals surface area contributed by atoms with Gasteiger partial charge in [-0.05, 0) is 19.9 Å². The molecule has 2 heterocycles. The maximum Gasteiger partial charge on any atom is 0.340 e. The molecule has 21 heavy (non-hydrogen) atoms. The fourth-order valence-electron chi connectivity index (χ4n) is 1.92. The number of thioether (sulfide) groups is 1. The Labute approximate surface area is 125 Å². The number of hydrogen-bond donors (Lipinski definition) is 1. The normalized spacial score (nSPS) is 10.6. The molecule has 0 fully saturated rings. The lowest BCUT2D eigenvalue weighted by molar-refractivity contribution is 0.0690. The molecule has 6 nitrogen and oxygen atoms in total. The van der Waals surface area contributed by atoms with Crippen LogP contribution < -0.4 is 5.56 Å². The number of carboxylic acid groups (broad SMARTS) is 1. The summed E-state index contributed by atoms with van der Waals surface area (Å²) >= 11 is 1.32. The minimum atomic E-state index is -1.04. The quantitative estimate of drug-likeness (QED) is 0.669. The maximum atomic E-state index is 11.6. The summed E-state index contributed by atoms with van der Waals surface area (Å²) in [7, 11) is 0. The van der Waals surface area contributed by atoms with Crippen molar-refractivity contribution in [2.24, 2.45) is 0 Å². The molecule has 0 radical (unpaired) electrons. The molecule has 0 amide bonds. The van der Waals surface area contributed by atoms with Crippen molar-refractivity contribution < 1.29 is 9.90 Å². The van der Waals surface area contributed by atoms with E-state index >= 15 is 0 Å². The van der Waals surface area contributed by atoms with Gasteiger partial charge in [0.1, 0.15) is 16.4 Å². The van der Waals surface area contributed by atoms with Crippen molar-refractivity contribution in [1.82, 2.24) is 14.5 Å². The van der Waals surface area contributed by atoms with Gasteiger partial charge in [-0.15, -0.1) is 11.8 Å². The van der Waals surface area contributed by atoms with E-state index in [4.69, 9.17) is 0 Å². The zero-order valence-electron chi connectivity index (χ0n) is 11.7. The van der Waals surface area contributed by atoms with Crippen LogP contribution in [0.2, 0.25) is 0 Å². The smallest absolute Gasteiger partial charge is 0.340 e. The van der Waals surface area contributed by atoms with Crippen molar-refractivity contribution >= 4 is 17.7 Å². The van der Waals surface area contributed by atoms with Crippen molar-refractivity contribution in [2.75, 3.05) is 5.75 Å². The SMILES string of the molecule is Cc1nc(C)c(C(=O)O)c(SCCn2ccccc2=O)n1. The molecular weight excluding hydrogens is 290 g/mol. The van der Waals surface area contributed by atoms with Crippen LogP contribution in [0, 0.1) is 13.8 Å². The number of nitrogens with zero attached hydrogens (tertiary/aromatic N) is 3. The number of carbonyl (C=O) groups is 1. The van der Waals surface area contributed by atoms with Crippen LogP contribution in [0.25, 0.3) is 0 Å². The molecule has 7 heteroatoms. The molecule has 0 atom stereocenters. The van der Waals surface area contributed by atoms with Gasteiger partial charge in [-0.3, -0.25) is 4.79 Å². The maximum absolute atomic E-state index is 11.6. The highest BCUT2D eigenvalue weighted by Gasteiger charge is 2.17. The Hall–Kier alpha value is -2.15. The predicted molar refractivity (Wildman–Crippen MR) is 79.9 cm³/mol. The van der Waals surface area contributed by atoms with E-state index in [1.165, 1.54) is 17.8 Å². The summed E-state index contributed by atoms with van der Waals surface area (Å²) in [5.41, 5.74) is 0.506. The lowest BCUT2D eigenvalue weighted by atomic mass is 10.2. The topological polar surface area (TPSA) is 85.1 Å². The molecule has 0 aliphatic rings. The van der Waals surface area contributed by atoms with Crippen molar-refractivity contribution in [3.8, 4) is 0 Å². The molecule has 110 valence electrons. The van der Waals surface area contributed by atoms with Crippen molar-refractivity contribution in [3.05, 3.63) is 51.8 Å². The van der Waals surface area contributed by atoms with Crippen LogP contribution in [0.3, 0.4) is 0 Å². The van der Waals surface area contributed by atoms with E-state index in [0.717, 1.165) is 0 Å². The highest BCUT2D eigenvalue weighted by molar-refractivity contribution is 7.99. The van der Waals surface area contributed by atoms with Gasteiger partial charge >= 0.3 is 5.97 Å². The van der Waals surface area contributed by atoms with Gasteiger partial charge in [-0.1, -0.05) is 6.07 Å². The summed E-state index contributed by atoms with van der Waals surface area (Å²) in [5.74, 6) is 0.0591. The van der Waals surface area contributed by atoms with Crippen molar-refractivity contribution in [1.29, 1.82) is 0 Å². The van der Waals surface area contributed by atoms with Crippen LogP contribution >= 0.6 is 11.8 Å². The molecular formula is C14H15N3O3S. The van der Waals surface area contributed by atoms with Gasteiger partial charge in [-0.25, -0.2) is 14.8 Å². The minimum absolute atomic E-state index is 0.0772. The number of aromatic carboxylic acids is 1. The first-order valence-electron chi connectivity index (χ1n) is 6.36. The molecule has 1 N–H and O–H groups in total. The number of rotatable bonds is 5. The van der Waals surface area contributed by atoms with Gasteiger partial charge in [0.2, 0.25) is 0 Å². The predicted octanol–water partition coefficient (Wildman–Crippen LogP) is 1.75. The summed E-state index contributed by atoms with van der Waals surface area (Å²) in [4.78, 5) is 31.1. The Morgan fingerprint density at radius 1 is 1.33 bits per heavy atom. The number of carboxylic acids is 1. The van der Waals surface area contributed by atoms with Crippen LogP contribution in [-0.2, 0) is 6.54 Å². The second kappa shape index (κ2) is 6.53. The highest BCUT2D eigenvalue weighted by Crippen LogP contribution is 2.22. The lowest BCUT2D eigenvalue weighted by Gasteiger charge is -2.09. The average Bonchev–Trinajstić information content (AvgIpc) is 2.39. The van der Waals surface area contributed by atoms with E-state index in [1.807, 2.05) is 0 Å². The van der Waals surface area contributed by atoms with Gasteiger partial charge < -0.3 is 9.67 Å². The summed E-state index contributed by atoms with van der Waals surface area (Å²) in [6.07, 6.45) is 1.71. The van der Waals surface area contributed by atoms with Crippen LogP contribution in [0.1, 0.15) is 21.9 Å². The van der Waals surface area contributed by atoms with Crippen molar-refractivity contribution in [2.45, 2.75) is 25.4 Å². The summed E-state index contributed by atoms with van der Waals surface area (Å²) in [6, 6.07) is 4.96. The van der Waals surface area contributed by atoms with Gasteiger partial charge in [0.15, 0.2) is 0 Å². The van der Waals surface area contributed by atoms with Crippen molar-refractivity contribution in [3.63, 3.8) is 0 Å². The highest BCUT2D eigenvalue weighted by atomic mass is 32.2. The molecule has 2 rings (SSSR count). The van der Waals surface area contributed by atoms with Gasteiger partial charge in [0.05, 0.1) is 5.69 Å². The Kier molecular flexibility index (Phi) is 4.74. The van der Waals surface area contributed by atoms with Crippen LogP contribution in [0.4, 0.5) is 0 Å². The molecule has 0 aliphatic carbocycles. The molecule has 0 spiro atoms. The third-order valence-corrected chi connectivity index (χ3v) is 3.81. The van der Waals surface area contributed by atoms with Crippen LogP contribution in [-0.4, -0.2) is 31.4 Å². The van der Waals surface area contributed by atoms with E-state index < -0.39 is 5.97 Å². The number of aryl methyl sites for hydroxylation is 3. The third-order valence-electron chi connectivity index (χ3n) is 2.85. The zero-order valence-corrected chi connectivity index (χ0v) is 12.6. The Bertz CT molecular complexity index is 728. The number of hydrogen-bond acceptors (Lipinski definition) is 5. The molecule has 2 aromatic rings. The average molecular weight is 305 g/mol. The lowest BCUT2D eigenvalue weighted by Crippen LogP contribution is -2.19. The first-order valence-corrected chi connectivity index (χ1v) is 7.34. The van der Waals surface area contributed by atoms with Gasteiger partial charge in [-0.2, -0.15) is 0 Å². The molecule has 2 aromatic heterocycles. The van der Waals surface area contributed by atoms with Crippen LogP contribution in [0.15, 0.2) is 34.2 Å². The zero-order chi connectivity index (χ0) is 15.4. The third kappa shape index (κ3) is 3.69. The van der Waals surface area contributed by atoms with E-state index in [2.05, 4.69) is 9.97 Å². The first-order chi connectivity index (χ1) is 9.99. The fraction of sp³-hybridized carbons (Fsp3) is 0.286. The summed E-state index contributed by atoms with van der Waals surface area (Å²) in [5, 5.41) is 9.69. The number of aromatic nitrogens is 3. The van der Waals surface area contributed by atoms with E-state index in [9.17, 15) is 14.7 Å². The summed E-state index contributed by atoms with van der Waals surface area (Å²) < 4.78 is 1.58. The Morgan fingerprint density at radius 2 is 2.10 bits per heavy atom. The minimum Gasteiger partial charge on any atom is -0.478 e. The van der Waals surface area contributed by atoms with E-state index in [-0.39, 0.29) is 11.1 Å².